The molecule has 2 nitrogen and oxygen atoms in total. The largest absolute Gasteiger partial charge is 0.493 e. The van der Waals surface area contributed by atoms with E-state index in [9.17, 15) is 0 Å². The number of benzene rings is 1. The fourth-order valence-corrected chi connectivity index (χ4v) is 1.69. The molecule has 15 heavy (non-hydrogen) atoms. The highest BCUT2D eigenvalue weighted by molar-refractivity contribution is 5.37. The molecule has 0 aliphatic carbocycles. The third-order valence-corrected chi connectivity index (χ3v) is 2.75. The third-order valence-electron chi connectivity index (χ3n) is 2.75. The molecule has 0 amide bonds. The van der Waals surface area contributed by atoms with Crippen LogP contribution in [0.2, 0.25) is 0 Å². The summed E-state index contributed by atoms with van der Waals surface area (Å²) < 4.78 is 11.0. The molecule has 1 heterocycles. The van der Waals surface area contributed by atoms with Crippen LogP contribution in [0.3, 0.4) is 0 Å². The molecule has 0 spiro atoms. The Balaban J connectivity index is 2.01. The lowest BCUT2D eigenvalue weighted by molar-refractivity contribution is 0.00730. The summed E-state index contributed by atoms with van der Waals surface area (Å²) >= 11 is 0. The number of hydrogen-bond donors (Lipinski definition) is 0. The maximum absolute atomic E-state index is 5.78. The van der Waals surface area contributed by atoms with Crippen LogP contribution in [-0.2, 0) is 4.74 Å². The van der Waals surface area contributed by atoms with Gasteiger partial charge in [-0.3, -0.25) is 0 Å². The molecule has 0 saturated carbocycles. The summed E-state index contributed by atoms with van der Waals surface area (Å²) in [6, 6.07) is 8.31. The predicted octanol–water partition coefficient (Wildman–Crippen LogP) is 2.98. The van der Waals surface area contributed by atoms with Crippen molar-refractivity contribution in [2.75, 3.05) is 19.8 Å². The Labute approximate surface area is 91.2 Å². The van der Waals surface area contributed by atoms with Crippen molar-refractivity contribution in [3.63, 3.8) is 0 Å². The van der Waals surface area contributed by atoms with Crippen LogP contribution >= 0.6 is 0 Å². The Morgan fingerprint density at radius 3 is 2.80 bits per heavy atom. The Morgan fingerprint density at radius 1 is 1.33 bits per heavy atom. The zero-order valence-corrected chi connectivity index (χ0v) is 9.24. The molecule has 82 valence electrons. The minimum Gasteiger partial charge on any atom is -0.493 e. The van der Waals surface area contributed by atoms with Gasteiger partial charge in [0.05, 0.1) is 19.8 Å². The molecule has 0 unspecified atom stereocenters. The second-order valence-corrected chi connectivity index (χ2v) is 3.97. The van der Waals surface area contributed by atoms with Crippen LogP contribution in [0.25, 0.3) is 0 Å². The van der Waals surface area contributed by atoms with Gasteiger partial charge in [0.1, 0.15) is 5.75 Å². The van der Waals surface area contributed by atoms with Gasteiger partial charge in [0.2, 0.25) is 0 Å². The second-order valence-electron chi connectivity index (χ2n) is 3.97. The van der Waals surface area contributed by atoms with Crippen molar-refractivity contribution in [3.05, 3.63) is 29.8 Å². The molecule has 1 aromatic carbocycles. The van der Waals surface area contributed by atoms with E-state index in [1.54, 1.807) is 0 Å². The average Bonchev–Trinajstić information content (AvgIpc) is 2.18. The third kappa shape index (κ3) is 2.51. The first-order valence-electron chi connectivity index (χ1n) is 5.71. The molecule has 2 rings (SSSR count). The molecular weight excluding hydrogens is 188 g/mol. The fraction of sp³-hybridized carbons (Fsp3) is 0.538. The fourth-order valence-electron chi connectivity index (χ4n) is 1.69. The van der Waals surface area contributed by atoms with E-state index >= 15 is 0 Å². The number of rotatable bonds is 5. The summed E-state index contributed by atoms with van der Waals surface area (Å²) in [4.78, 5) is 0. The van der Waals surface area contributed by atoms with Crippen molar-refractivity contribution in [3.8, 4) is 5.75 Å². The first-order chi connectivity index (χ1) is 7.42. The minimum atomic E-state index is 0.544. The van der Waals surface area contributed by atoms with E-state index in [1.165, 1.54) is 12.0 Å². The van der Waals surface area contributed by atoms with Crippen molar-refractivity contribution in [2.24, 2.45) is 0 Å². The van der Waals surface area contributed by atoms with Crippen molar-refractivity contribution in [2.45, 2.75) is 25.7 Å². The lowest BCUT2D eigenvalue weighted by atomic mass is 9.97. The second kappa shape index (κ2) is 5.17. The van der Waals surface area contributed by atoms with E-state index < -0.39 is 0 Å². The maximum atomic E-state index is 5.78. The molecule has 0 radical (unpaired) electrons. The predicted molar refractivity (Wildman–Crippen MR) is 60.4 cm³/mol. The molecule has 1 aliphatic rings. The molecule has 0 bridgehead atoms. The van der Waals surface area contributed by atoms with Gasteiger partial charge in [-0.25, -0.2) is 0 Å². The number of unbranched alkanes of at least 4 members (excludes halogenated alkanes) is 1. The van der Waals surface area contributed by atoms with Gasteiger partial charge in [-0.15, -0.1) is 0 Å². The van der Waals surface area contributed by atoms with E-state index in [0.717, 1.165) is 32.0 Å². The van der Waals surface area contributed by atoms with Gasteiger partial charge in [0, 0.05) is 11.5 Å². The topological polar surface area (TPSA) is 18.5 Å². The monoisotopic (exact) mass is 206 g/mol. The van der Waals surface area contributed by atoms with Crippen molar-refractivity contribution in [1.82, 2.24) is 0 Å². The van der Waals surface area contributed by atoms with Crippen LogP contribution in [0.4, 0.5) is 0 Å². The van der Waals surface area contributed by atoms with Crippen molar-refractivity contribution < 1.29 is 9.47 Å². The molecule has 1 saturated heterocycles. The van der Waals surface area contributed by atoms with E-state index in [1.807, 2.05) is 6.07 Å². The summed E-state index contributed by atoms with van der Waals surface area (Å²) in [6.07, 6.45) is 2.30. The van der Waals surface area contributed by atoms with Gasteiger partial charge in [-0.2, -0.15) is 0 Å². The quantitative estimate of drug-likeness (QED) is 0.689. The van der Waals surface area contributed by atoms with Gasteiger partial charge >= 0.3 is 0 Å². The van der Waals surface area contributed by atoms with Gasteiger partial charge in [0.25, 0.3) is 0 Å². The first kappa shape index (κ1) is 10.5. The average molecular weight is 206 g/mol. The van der Waals surface area contributed by atoms with Gasteiger partial charge in [0.15, 0.2) is 0 Å². The molecule has 0 atom stereocenters. The van der Waals surface area contributed by atoms with Crippen LogP contribution in [0.1, 0.15) is 31.2 Å². The van der Waals surface area contributed by atoms with Crippen molar-refractivity contribution >= 4 is 0 Å². The zero-order valence-electron chi connectivity index (χ0n) is 9.24. The molecule has 2 heteroatoms. The minimum absolute atomic E-state index is 0.544. The summed E-state index contributed by atoms with van der Waals surface area (Å²) in [5, 5.41) is 0. The lowest BCUT2D eigenvalue weighted by Gasteiger charge is -2.27. The standard InChI is InChI=1S/C13H18O2/c1-2-3-8-15-13-7-5-4-6-12(13)11-9-14-10-11/h4-7,11H,2-3,8-10H2,1H3. The van der Waals surface area contributed by atoms with Crippen LogP contribution in [0.5, 0.6) is 5.75 Å². The Bertz CT molecular complexity index is 305. The molecule has 0 aromatic heterocycles. The lowest BCUT2D eigenvalue weighted by Crippen LogP contribution is -2.25. The van der Waals surface area contributed by atoms with Gasteiger partial charge < -0.3 is 9.47 Å². The van der Waals surface area contributed by atoms with Crippen molar-refractivity contribution in [1.29, 1.82) is 0 Å². The highest BCUT2D eigenvalue weighted by Gasteiger charge is 2.23. The summed E-state index contributed by atoms with van der Waals surface area (Å²) in [7, 11) is 0. The van der Waals surface area contributed by atoms with Crippen LogP contribution in [-0.4, -0.2) is 19.8 Å². The SMILES string of the molecule is CCCCOc1ccccc1C1COC1. The molecule has 1 fully saturated rings. The number of para-hydroxylation sites is 1. The van der Waals surface area contributed by atoms with Crippen LogP contribution in [0.15, 0.2) is 24.3 Å². The molecule has 0 N–H and O–H groups in total. The van der Waals surface area contributed by atoms with Gasteiger partial charge in [-0.05, 0) is 12.5 Å². The number of hydrogen-bond acceptors (Lipinski definition) is 2. The molecular formula is C13H18O2. The van der Waals surface area contributed by atoms with E-state index in [2.05, 4.69) is 25.1 Å². The van der Waals surface area contributed by atoms with Crippen LogP contribution < -0.4 is 4.74 Å². The smallest absolute Gasteiger partial charge is 0.122 e. The summed E-state index contributed by atoms with van der Waals surface area (Å²) in [5.74, 6) is 1.59. The highest BCUT2D eigenvalue weighted by atomic mass is 16.5. The number of ether oxygens (including phenoxy) is 2. The first-order valence-corrected chi connectivity index (χ1v) is 5.71. The van der Waals surface area contributed by atoms with E-state index in [-0.39, 0.29) is 0 Å². The van der Waals surface area contributed by atoms with Gasteiger partial charge in [-0.1, -0.05) is 31.5 Å². The summed E-state index contributed by atoms with van der Waals surface area (Å²) in [6.45, 7) is 4.68. The normalized spacial score (nSPS) is 16.1. The Morgan fingerprint density at radius 2 is 2.13 bits per heavy atom. The van der Waals surface area contributed by atoms with Crippen LogP contribution in [0, 0.1) is 0 Å². The maximum Gasteiger partial charge on any atom is 0.122 e. The van der Waals surface area contributed by atoms with E-state index in [0.29, 0.717) is 5.92 Å². The highest BCUT2D eigenvalue weighted by Crippen LogP contribution is 2.31. The zero-order chi connectivity index (χ0) is 10.5. The summed E-state index contributed by atoms with van der Waals surface area (Å²) in [5.41, 5.74) is 1.31. The molecule has 1 aliphatic heterocycles. The Hall–Kier alpha value is -1.02. The molecule has 1 aromatic rings. The van der Waals surface area contributed by atoms with E-state index in [4.69, 9.17) is 9.47 Å². The Kier molecular flexibility index (Phi) is 3.62.